The SMILES string of the molecule is CCCC(=O)NCc1cc2ccccc2o1. The number of carbonyl (C=O) groups is 1. The Kier molecular flexibility index (Phi) is 3.25. The number of hydrogen-bond acceptors (Lipinski definition) is 2. The van der Waals surface area contributed by atoms with Crippen LogP contribution in [-0.2, 0) is 11.3 Å². The Morgan fingerprint density at radius 1 is 1.38 bits per heavy atom. The molecule has 1 amide bonds. The van der Waals surface area contributed by atoms with Crippen molar-refractivity contribution in [2.24, 2.45) is 0 Å². The number of furan rings is 1. The van der Waals surface area contributed by atoms with Crippen LogP contribution in [0.25, 0.3) is 11.0 Å². The molecule has 0 unspecified atom stereocenters. The highest BCUT2D eigenvalue weighted by molar-refractivity contribution is 5.78. The fourth-order valence-corrected chi connectivity index (χ4v) is 1.63. The van der Waals surface area contributed by atoms with Crippen molar-refractivity contribution in [2.75, 3.05) is 0 Å². The summed E-state index contributed by atoms with van der Waals surface area (Å²) >= 11 is 0. The first kappa shape index (κ1) is 10.7. The Morgan fingerprint density at radius 3 is 2.94 bits per heavy atom. The molecule has 0 aliphatic carbocycles. The zero-order chi connectivity index (χ0) is 11.4. The molecule has 2 rings (SSSR count). The Balaban J connectivity index is 2.02. The maximum absolute atomic E-state index is 11.3. The first-order valence-corrected chi connectivity index (χ1v) is 5.53. The number of para-hydroxylation sites is 1. The van der Waals surface area contributed by atoms with E-state index in [-0.39, 0.29) is 5.91 Å². The number of rotatable bonds is 4. The largest absolute Gasteiger partial charge is 0.459 e. The molecule has 3 nitrogen and oxygen atoms in total. The first-order valence-electron chi connectivity index (χ1n) is 5.53. The van der Waals surface area contributed by atoms with Crippen LogP contribution in [0.5, 0.6) is 0 Å². The van der Waals surface area contributed by atoms with Gasteiger partial charge in [-0.3, -0.25) is 4.79 Å². The van der Waals surface area contributed by atoms with Crippen LogP contribution < -0.4 is 5.32 Å². The van der Waals surface area contributed by atoms with Crippen LogP contribution >= 0.6 is 0 Å². The second-order valence-electron chi connectivity index (χ2n) is 3.78. The molecule has 2 aromatic rings. The Hall–Kier alpha value is -1.77. The highest BCUT2D eigenvalue weighted by Gasteiger charge is 2.04. The smallest absolute Gasteiger partial charge is 0.220 e. The van der Waals surface area contributed by atoms with Gasteiger partial charge in [0, 0.05) is 11.8 Å². The van der Waals surface area contributed by atoms with Gasteiger partial charge in [-0.25, -0.2) is 0 Å². The number of benzene rings is 1. The average Bonchev–Trinajstić information content (AvgIpc) is 2.69. The predicted molar refractivity (Wildman–Crippen MR) is 63.0 cm³/mol. The zero-order valence-electron chi connectivity index (χ0n) is 9.32. The second kappa shape index (κ2) is 4.84. The van der Waals surface area contributed by atoms with E-state index >= 15 is 0 Å². The Bertz CT molecular complexity index is 454. The van der Waals surface area contributed by atoms with E-state index in [1.165, 1.54) is 0 Å². The average molecular weight is 217 g/mol. The summed E-state index contributed by atoms with van der Waals surface area (Å²) in [7, 11) is 0. The van der Waals surface area contributed by atoms with Gasteiger partial charge in [-0.15, -0.1) is 0 Å². The molecule has 1 N–H and O–H groups in total. The van der Waals surface area contributed by atoms with Crippen molar-refractivity contribution in [2.45, 2.75) is 26.3 Å². The zero-order valence-corrected chi connectivity index (χ0v) is 9.32. The molecule has 0 bridgehead atoms. The van der Waals surface area contributed by atoms with E-state index < -0.39 is 0 Å². The van der Waals surface area contributed by atoms with E-state index in [2.05, 4.69) is 5.32 Å². The molecule has 0 aliphatic heterocycles. The molecule has 3 heteroatoms. The minimum absolute atomic E-state index is 0.0722. The molecule has 0 saturated heterocycles. The number of nitrogens with one attached hydrogen (secondary N) is 1. The summed E-state index contributed by atoms with van der Waals surface area (Å²) in [6, 6.07) is 9.78. The van der Waals surface area contributed by atoms with Crippen LogP contribution in [-0.4, -0.2) is 5.91 Å². The molecule has 1 aromatic heterocycles. The van der Waals surface area contributed by atoms with Crippen LogP contribution in [0.3, 0.4) is 0 Å². The van der Waals surface area contributed by atoms with Gasteiger partial charge >= 0.3 is 0 Å². The molecule has 1 heterocycles. The fourth-order valence-electron chi connectivity index (χ4n) is 1.63. The molecule has 0 atom stereocenters. The van der Waals surface area contributed by atoms with Crippen molar-refractivity contribution in [1.29, 1.82) is 0 Å². The van der Waals surface area contributed by atoms with Crippen molar-refractivity contribution in [3.8, 4) is 0 Å². The summed E-state index contributed by atoms with van der Waals surface area (Å²) in [5.74, 6) is 0.869. The molecule has 0 saturated carbocycles. The maximum atomic E-state index is 11.3. The summed E-state index contributed by atoms with van der Waals surface area (Å²) in [4.78, 5) is 11.3. The van der Waals surface area contributed by atoms with E-state index in [1.54, 1.807) is 0 Å². The molecule has 1 aromatic carbocycles. The summed E-state index contributed by atoms with van der Waals surface area (Å²) in [6.45, 7) is 2.45. The summed E-state index contributed by atoms with van der Waals surface area (Å²) in [5, 5.41) is 3.90. The third-order valence-electron chi connectivity index (χ3n) is 2.41. The molecule has 0 radical (unpaired) electrons. The van der Waals surface area contributed by atoms with E-state index in [4.69, 9.17) is 4.42 Å². The van der Waals surface area contributed by atoms with Gasteiger partial charge in [0.15, 0.2) is 0 Å². The van der Waals surface area contributed by atoms with Crippen molar-refractivity contribution in [3.63, 3.8) is 0 Å². The van der Waals surface area contributed by atoms with Crippen LogP contribution in [0.15, 0.2) is 34.7 Å². The molecule has 16 heavy (non-hydrogen) atoms. The van der Waals surface area contributed by atoms with Crippen molar-refractivity contribution in [1.82, 2.24) is 5.32 Å². The minimum atomic E-state index is 0.0722. The number of carbonyl (C=O) groups excluding carboxylic acids is 1. The van der Waals surface area contributed by atoms with Gasteiger partial charge in [0.1, 0.15) is 11.3 Å². The van der Waals surface area contributed by atoms with E-state index in [1.807, 2.05) is 37.3 Å². The predicted octanol–water partition coefficient (Wildman–Crippen LogP) is 2.85. The fraction of sp³-hybridized carbons (Fsp3) is 0.308. The maximum Gasteiger partial charge on any atom is 0.220 e. The summed E-state index contributed by atoms with van der Waals surface area (Å²) < 4.78 is 5.58. The lowest BCUT2D eigenvalue weighted by Crippen LogP contribution is -2.21. The second-order valence-corrected chi connectivity index (χ2v) is 3.78. The third kappa shape index (κ3) is 2.42. The van der Waals surface area contributed by atoms with E-state index in [0.717, 1.165) is 23.2 Å². The van der Waals surface area contributed by atoms with Crippen molar-refractivity contribution < 1.29 is 9.21 Å². The van der Waals surface area contributed by atoms with Gasteiger partial charge in [-0.05, 0) is 18.6 Å². The van der Waals surface area contributed by atoms with Gasteiger partial charge in [-0.2, -0.15) is 0 Å². The highest BCUT2D eigenvalue weighted by Crippen LogP contribution is 2.18. The number of hydrogen-bond donors (Lipinski definition) is 1. The van der Waals surface area contributed by atoms with Gasteiger partial charge in [-0.1, -0.05) is 25.1 Å². The van der Waals surface area contributed by atoms with Crippen LogP contribution in [0.1, 0.15) is 25.5 Å². The van der Waals surface area contributed by atoms with Crippen LogP contribution in [0, 0.1) is 0 Å². The Labute approximate surface area is 94.4 Å². The third-order valence-corrected chi connectivity index (χ3v) is 2.41. The van der Waals surface area contributed by atoms with Crippen molar-refractivity contribution in [3.05, 3.63) is 36.1 Å². The quantitative estimate of drug-likeness (QED) is 0.855. The molecule has 0 fully saturated rings. The minimum Gasteiger partial charge on any atom is -0.459 e. The molecule has 0 aliphatic rings. The van der Waals surface area contributed by atoms with E-state index in [0.29, 0.717) is 13.0 Å². The lowest BCUT2D eigenvalue weighted by Gasteiger charge is -2.00. The standard InChI is InChI=1S/C13H15NO2/c1-2-5-13(15)14-9-11-8-10-6-3-4-7-12(10)16-11/h3-4,6-8H,2,5,9H2,1H3,(H,14,15). The van der Waals surface area contributed by atoms with Gasteiger partial charge < -0.3 is 9.73 Å². The van der Waals surface area contributed by atoms with Gasteiger partial charge in [0.25, 0.3) is 0 Å². The monoisotopic (exact) mass is 217 g/mol. The topological polar surface area (TPSA) is 42.2 Å². The number of fused-ring (bicyclic) bond motifs is 1. The number of amides is 1. The normalized spacial score (nSPS) is 10.6. The van der Waals surface area contributed by atoms with Crippen LogP contribution in [0.4, 0.5) is 0 Å². The van der Waals surface area contributed by atoms with E-state index in [9.17, 15) is 4.79 Å². The lowest BCUT2D eigenvalue weighted by molar-refractivity contribution is -0.121. The molecular weight excluding hydrogens is 202 g/mol. The van der Waals surface area contributed by atoms with Gasteiger partial charge in [0.05, 0.1) is 6.54 Å². The summed E-state index contributed by atoms with van der Waals surface area (Å²) in [5.41, 5.74) is 0.863. The highest BCUT2D eigenvalue weighted by atomic mass is 16.3. The van der Waals surface area contributed by atoms with Crippen molar-refractivity contribution >= 4 is 16.9 Å². The first-order chi connectivity index (χ1) is 7.79. The molecule has 84 valence electrons. The lowest BCUT2D eigenvalue weighted by atomic mass is 10.2. The summed E-state index contributed by atoms with van der Waals surface area (Å²) in [6.07, 6.45) is 1.44. The Morgan fingerprint density at radius 2 is 2.19 bits per heavy atom. The molecule has 0 spiro atoms. The molecular formula is C13H15NO2. The van der Waals surface area contributed by atoms with Gasteiger partial charge in [0.2, 0.25) is 5.91 Å². The van der Waals surface area contributed by atoms with Crippen LogP contribution in [0.2, 0.25) is 0 Å².